The summed E-state index contributed by atoms with van der Waals surface area (Å²) >= 11 is 0. The molecule has 0 saturated carbocycles. The van der Waals surface area contributed by atoms with Crippen LogP contribution in [0.2, 0.25) is 0 Å². The third-order valence-corrected chi connectivity index (χ3v) is 4.01. The van der Waals surface area contributed by atoms with Crippen LogP contribution < -0.4 is 15.4 Å². The number of ether oxygens (including phenoxy) is 1. The first kappa shape index (κ1) is 19.5. The van der Waals surface area contributed by atoms with Crippen LogP contribution in [0, 0.1) is 5.92 Å². The van der Waals surface area contributed by atoms with E-state index in [2.05, 4.69) is 17.6 Å². The maximum Gasteiger partial charge on any atom is 0.258 e. The van der Waals surface area contributed by atoms with Gasteiger partial charge in [-0.2, -0.15) is 0 Å². The van der Waals surface area contributed by atoms with Crippen LogP contribution in [-0.4, -0.2) is 24.5 Å². The molecule has 0 bridgehead atoms. The number of anilines is 1. The first-order valence-corrected chi connectivity index (χ1v) is 8.86. The summed E-state index contributed by atoms with van der Waals surface area (Å²) in [5, 5.41) is 5.61. The normalized spacial score (nSPS) is 11.7. The number of aryl methyl sites for hydroxylation is 1. The van der Waals surface area contributed by atoms with Crippen LogP contribution in [0.1, 0.15) is 26.3 Å². The molecule has 0 aliphatic rings. The van der Waals surface area contributed by atoms with Crippen molar-refractivity contribution in [1.29, 1.82) is 0 Å². The summed E-state index contributed by atoms with van der Waals surface area (Å²) in [5.74, 6) is -0.00357. The van der Waals surface area contributed by atoms with Crippen LogP contribution in [0.5, 0.6) is 5.75 Å². The molecule has 2 rings (SSSR count). The third-order valence-electron chi connectivity index (χ3n) is 4.01. The fourth-order valence-corrected chi connectivity index (χ4v) is 2.46. The summed E-state index contributed by atoms with van der Waals surface area (Å²) in [6.07, 6.45) is 0.945. The average molecular weight is 354 g/mol. The molecule has 5 heteroatoms. The summed E-state index contributed by atoms with van der Waals surface area (Å²) in [6.45, 7) is 5.73. The fraction of sp³-hybridized carbons (Fsp3) is 0.333. The van der Waals surface area contributed by atoms with Crippen LogP contribution in [0.3, 0.4) is 0 Å². The smallest absolute Gasteiger partial charge is 0.258 e. The van der Waals surface area contributed by atoms with Crippen molar-refractivity contribution in [3.8, 4) is 5.75 Å². The maximum absolute atomic E-state index is 12.6. The van der Waals surface area contributed by atoms with E-state index >= 15 is 0 Å². The van der Waals surface area contributed by atoms with Crippen molar-refractivity contribution in [2.45, 2.75) is 33.2 Å². The first-order valence-electron chi connectivity index (χ1n) is 8.86. The molecule has 0 spiro atoms. The summed E-state index contributed by atoms with van der Waals surface area (Å²) in [6, 6.07) is 16.2. The van der Waals surface area contributed by atoms with Gasteiger partial charge in [-0.1, -0.05) is 51.1 Å². The molecule has 1 atom stereocenters. The lowest BCUT2D eigenvalue weighted by atomic mass is 10.0. The van der Waals surface area contributed by atoms with Gasteiger partial charge in [-0.25, -0.2) is 0 Å². The number of rotatable bonds is 8. The molecule has 0 radical (unpaired) electrons. The van der Waals surface area contributed by atoms with Gasteiger partial charge in [0.25, 0.3) is 5.91 Å². The SMILES string of the molecule is CCc1ccc(NC(=O)[C@@H](NC(=O)COc2ccccc2)C(C)C)cc1. The summed E-state index contributed by atoms with van der Waals surface area (Å²) < 4.78 is 5.43. The molecule has 0 aromatic heterocycles. The van der Waals surface area contributed by atoms with E-state index in [4.69, 9.17) is 4.74 Å². The minimum absolute atomic E-state index is 0.0504. The topological polar surface area (TPSA) is 67.4 Å². The molecular weight excluding hydrogens is 328 g/mol. The van der Waals surface area contributed by atoms with Gasteiger partial charge in [0, 0.05) is 5.69 Å². The van der Waals surface area contributed by atoms with Crippen molar-refractivity contribution in [1.82, 2.24) is 5.32 Å². The summed E-state index contributed by atoms with van der Waals surface area (Å²) in [5.41, 5.74) is 1.92. The number of carbonyl (C=O) groups excluding carboxylic acids is 2. The Morgan fingerprint density at radius 3 is 2.23 bits per heavy atom. The second-order valence-corrected chi connectivity index (χ2v) is 6.43. The third kappa shape index (κ3) is 5.92. The van der Waals surface area contributed by atoms with Gasteiger partial charge >= 0.3 is 0 Å². The zero-order valence-corrected chi connectivity index (χ0v) is 15.5. The van der Waals surface area contributed by atoms with Crippen LogP contribution in [-0.2, 0) is 16.0 Å². The van der Waals surface area contributed by atoms with E-state index in [9.17, 15) is 9.59 Å². The minimum Gasteiger partial charge on any atom is -0.484 e. The Labute approximate surface area is 154 Å². The van der Waals surface area contributed by atoms with Crippen molar-refractivity contribution in [2.24, 2.45) is 5.92 Å². The number of amides is 2. The van der Waals surface area contributed by atoms with Gasteiger partial charge in [0.05, 0.1) is 0 Å². The van der Waals surface area contributed by atoms with Gasteiger partial charge in [-0.15, -0.1) is 0 Å². The van der Waals surface area contributed by atoms with Crippen molar-refractivity contribution in [3.05, 3.63) is 60.2 Å². The van der Waals surface area contributed by atoms with Crippen LogP contribution in [0.4, 0.5) is 5.69 Å². The van der Waals surface area contributed by atoms with E-state index in [1.165, 1.54) is 5.56 Å². The van der Waals surface area contributed by atoms with E-state index in [0.717, 1.165) is 6.42 Å². The van der Waals surface area contributed by atoms with Gasteiger partial charge in [-0.3, -0.25) is 9.59 Å². The van der Waals surface area contributed by atoms with E-state index in [0.29, 0.717) is 11.4 Å². The molecule has 0 aliphatic heterocycles. The molecule has 0 unspecified atom stereocenters. The highest BCUT2D eigenvalue weighted by molar-refractivity contribution is 5.97. The Kier molecular flexibility index (Phi) is 7.21. The van der Waals surface area contributed by atoms with Crippen molar-refractivity contribution in [2.75, 3.05) is 11.9 Å². The van der Waals surface area contributed by atoms with Crippen molar-refractivity contribution >= 4 is 17.5 Å². The molecular formula is C21H26N2O3. The zero-order valence-electron chi connectivity index (χ0n) is 15.5. The Morgan fingerprint density at radius 1 is 1.00 bits per heavy atom. The molecule has 0 fully saturated rings. The van der Waals surface area contributed by atoms with Crippen molar-refractivity contribution < 1.29 is 14.3 Å². The molecule has 0 heterocycles. The Balaban J connectivity index is 1.91. The number of carbonyl (C=O) groups is 2. The van der Waals surface area contributed by atoms with Gasteiger partial charge in [0.1, 0.15) is 11.8 Å². The van der Waals surface area contributed by atoms with Crippen molar-refractivity contribution in [3.63, 3.8) is 0 Å². The van der Waals surface area contributed by atoms with Gasteiger partial charge in [0.15, 0.2) is 6.61 Å². The Bertz CT molecular complexity index is 712. The lowest BCUT2D eigenvalue weighted by Gasteiger charge is -2.22. The molecule has 2 aromatic carbocycles. The van der Waals surface area contributed by atoms with E-state index in [1.807, 2.05) is 56.3 Å². The number of nitrogens with one attached hydrogen (secondary N) is 2. The predicted molar refractivity (Wildman–Crippen MR) is 103 cm³/mol. The number of hydrogen-bond donors (Lipinski definition) is 2. The fourth-order valence-electron chi connectivity index (χ4n) is 2.46. The number of benzene rings is 2. The number of hydrogen-bond acceptors (Lipinski definition) is 3. The maximum atomic E-state index is 12.6. The second-order valence-electron chi connectivity index (χ2n) is 6.43. The lowest BCUT2D eigenvalue weighted by molar-refractivity contribution is -0.128. The zero-order chi connectivity index (χ0) is 18.9. The van der Waals surface area contributed by atoms with Gasteiger partial charge < -0.3 is 15.4 Å². The molecule has 26 heavy (non-hydrogen) atoms. The van der Waals surface area contributed by atoms with E-state index < -0.39 is 6.04 Å². The van der Waals surface area contributed by atoms with E-state index in [-0.39, 0.29) is 24.3 Å². The number of para-hydroxylation sites is 1. The predicted octanol–water partition coefficient (Wildman–Crippen LogP) is 3.41. The van der Waals surface area contributed by atoms with Gasteiger partial charge in [0.2, 0.25) is 5.91 Å². The quantitative estimate of drug-likeness (QED) is 0.763. The van der Waals surface area contributed by atoms with Gasteiger partial charge in [-0.05, 0) is 42.2 Å². The molecule has 2 N–H and O–H groups in total. The monoisotopic (exact) mass is 354 g/mol. The minimum atomic E-state index is -0.632. The highest BCUT2D eigenvalue weighted by atomic mass is 16.5. The lowest BCUT2D eigenvalue weighted by Crippen LogP contribution is -2.48. The highest BCUT2D eigenvalue weighted by Gasteiger charge is 2.24. The standard InChI is InChI=1S/C21H26N2O3/c1-4-16-10-12-17(13-11-16)22-21(25)20(15(2)3)23-19(24)14-26-18-8-6-5-7-9-18/h5-13,15,20H,4,14H2,1-3H3,(H,22,25)(H,23,24)/t20-/m0/s1. The molecule has 2 aromatic rings. The summed E-state index contributed by atoms with van der Waals surface area (Å²) in [4.78, 5) is 24.7. The van der Waals surface area contributed by atoms with Crippen LogP contribution in [0.15, 0.2) is 54.6 Å². The molecule has 0 saturated heterocycles. The summed E-state index contributed by atoms with van der Waals surface area (Å²) in [7, 11) is 0. The molecule has 0 aliphatic carbocycles. The van der Waals surface area contributed by atoms with Crippen LogP contribution >= 0.6 is 0 Å². The Hall–Kier alpha value is -2.82. The van der Waals surface area contributed by atoms with Crippen LogP contribution in [0.25, 0.3) is 0 Å². The first-order chi connectivity index (χ1) is 12.5. The molecule has 138 valence electrons. The molecule has 5 nitrogen and oxygen atoms in total. The average Bonchev–Trinajstić information content (AvgIpc) is 2.65. The van der Waals surface area contributed by atoms with E-state index in [1.54, 1.807) is 12.1 Å². The molecule has 2 amide bonds. The largest absolute Gasteiger partial charge is 0.484 e. The highest BCUT2D eigenvalue weighted by Crippen LogP contribution is 2.12. The second kappa shape index (κ2) is 9.61. The Morgan fingerprint density at radius 2 is 1.65 bits per heavy atom.